The number of anilines is 1. The molecule has 6 heteroatoms. The van der Waals surface area contributed by atoms with E-state index in [-0.39, 0.29) is 5.91 Å². The Labute approximate surface area is 135 Å². The molecule has 0 aliphatic heterocycles. The smallest absolute Gasteiger partial charge is 0.310 e. The third-order valence-corrected chi connectivity index (χ3v) is 3.50. The van der Waals surface area contributed by atoms with Crippen LogP contribution >= 0.6 is 0 Å². The van der Waals surface area contributed by atoms with E-state index < -0.39 is 11.9 Å². The van der Waals surface area contributed by atoms with Gasteiger partial charge >= 0.3 is 5.97 Å². The Hall–Kier alpha value is -2.63. The monoisotopic (exact) mass is 315 g/mol. The normalized spacial score (nSPS) is 12.2. The molecule has 0 saturated heterocycles. The summed E-state index contributed by atoms with van der Waals surface area (Å²) in [6.45, 7) is 6.38. The minimum atomic E-state index is -0.900. The number of benzene rings is 1. The second-order valence-electron chi connectivity index (χ2n) is 5.93. The number of carbonyl (C=O) groups excluding carboxylic acids is 1. The van der Waals surface area contributed by atoms with Gasteiger partial charge in [0.1, 0.15) is 5.69 Å². The molecule has 0 spiro atoms. The van der Waals surface area contributed by atoms with Crippen molar-refractivity contribution in [2.24, 2.45) is 5.92 Å². The van der Waals surface area contributed by atoms with Crippen LogP contribution in [0.4, 0.5) is 5.69 Å². The van der Waals surface area contributed by atoms with Crippen LogP contribution in [0.2, 0.25) is 0 Å². The first kappa shape index (κ1) is 16.7. The lowest BCUT2D eigenvalue weighted by molar-refractivity contribution is -0.138. The number of carboxylic acids is 1. The summed E-state index contributed by atoms with van der Waals surface area (Å²) in [6, 6.07) is 8.55. The summed E-state index contributed by atoms with van der Waals surface area (Å²) in [6.07, 6.45) is 1.60. The molecular weight excluding hydrogens is 294 g/mol. The highest BCUT2D eigenvalue weighted by molar-refractivity contribution is 6.03. The Kier molecular flexibility index (Phi) is 5.16. The quantitative estimate of drug-likeness (QED) is 0.858. The number of hydrogen-bond acceptors (Lipinski definition) is 3. The number of carbonyl (C=O) groups is 2. The molecule has 2 N–H and O–H groups in total. The van der Waals surface area contributed by atoms with Crippen molar-refractivity contribution < 1.29 is 14.7 Å². The highest BCUT2D eigenvalue weighted by Crippen LogP contribution is 2.20. The van der Waals surface area contributed by atoms with Gasteiger partial charge in [0, 0.05) is 18.4 Å². The third-order valence-electron chi connectivity index (χ3n) is 3.50. The van der Waals surface area contributed by atoms with Gasteiger partial charge in [0.2, 0.25) is 0 Å². The summed E-state index contributed by atoms with van der Waals surface area (Å²) in [7, 11) is 0. The molecule has 1 aromatic carbocycles. The van der Waals surface area contributed by atoms with E-state index in [0.717, 1.165) is 0 Å². The van der Waals surface area contributed by atoms with Crippen LogP contribution in [-0.2, 0) is 11.3 Å². The Balaban J connectivity index is 2.16. The molecule has 122 valence electrons. The van der Waals surface area contributed by atoms with E-state index in [4.69, 9.17) is 5.11 Å². The third kappa shape index (κ3) is 4.18. The maximum atomic E-state index is 12.4. The number of nitrogens with one attached hydrogen (secondary N) is 1. The number of aliphatic carboxylic acids is 1. The Morgan fingerprint density at radius 1 is 1.26 bits per heavy atom. The Bertz CT molecular complexity index is 707. The number of carboxylic acid groups (broad SMARTS) is 1. The van der Waals surface area contributed by atoms with E-state index in [0.29, 0.717) is 29.4 Å². The van der Waals surface area contributed by atoms with Crippen molar-refractivity contribution in [2.45, 2.75) is 33.2 Å². The molecule has 0 bridgehead atoms. The first-order valence-electron chi connectivity index (χ1n) is 7.54. The van der Waals surface area contributed by atoms with Crippen LogP contribution in [0.15, 0.2) is 36.5 Å². The van der Waals surface area contributed by atoms with E-state index in [9.17, 15) is 9.59 Å². The van der Waals surface area contributed by atoms with E-state index >= 15 is 0 Å². The van der Waals surface area contributed by atoms with Gasteiger partial charge < -0.3 is 10.4 Å². The van der Waals surface area contributed by atoms with Crippen LogP contribution in [-0.4, -0.2) is 26.8 Å². The van der Waals surface area contributed by atoms with E-state index in [1.54, 1.807) is 48.1 Å². The van der Waals surface area contributed by atoms with Gasteiger partial charge in [-0.2, -0.15) is 5.10 Å². The van der Waals surface area contributed by atoms with Crippen molar-refractivity contribution in [3.63, 3.8) is 0 Å². The molecule has 1 atom stereocenters. The minimum absolute atomic E-state index is 0.261. The molecule has 23 heavy (non-hydrogen) atoms. The number of hydrogen-bond donors (Lipinski definition) is 2. The van der Waals surface area contributed by atoms with Crippen molar-refractivity contribution in [3.05, 3.63) is 47.8 Å². The van der Waals surface area contributed by atoms with E-state index in [2.05, 4.69) is 24.3 Å². The van der Waals surface area contributed by atoms with Crippen LogP contribution in [0.5, 0.6) is 0 Å². The number of amides is 1. The largest absolute Gasteiger partial charge is 0.481 e. The van der Waals surface area contributed by atoms with Gasteiger partial charge in [0.05, 0.1) is 5.92 Å². The van der Waals surface area contributed by atoms with Gasteiger partial charge in [0.25, 0.3) is 5.91 Å². The predicted molar refractivity (Wildman–Crippen MR) is 87.5 cm³/mol. The van der Waals surface area contributed by atoms with Crippen LogP contribution in [0.3, 0.4) is 0 Å². The molecule has 0 radical (unpaired) electrons. The average Bonchev–Trinajstić information content (AvgIpc) is 2.94. The number of rotatable bonds is 6. The molecule has 0 saturated carbocycles. The molecule has 1 aromatic heterocycles. The molecule has 2 aromatic rings. The summed E-state index contributed by atoms with van der Waals surface area (Å²) < 4.78 is 1.67. The van der Waals surface area contributed by atoms with Crippen molar-refractivity contribution in [1.29, 1.82) is 0 Å². The SMILES string of the molecule is CC(C)Cn1nccc1C(=O)Nc1cccc(C(C)C(=O)O)c1. The van der Waals surface area contributed by atoms with Crippen molar-refractivity contribution in [1.82, 2.24) is 9.78 Å². The van der Waals surface area contributed by atoms with Gasteiger partial charge in [0.15, 0.2) is 0 Å². The molecule has 1 unspecified atom stereocenters. The zero-order valence-corrected chi connectivity index (χ0v) is 13.5. The lowest BCUT2D eigenvalue weighted by atomic mass is 10.0. The van der Waals surface area contributed by atoms with Gasteiger partial charge in [-0.25, -0.2) is 0 Å². The second-order valence-corrected chi connectivity index (χ2v) is 5.93. The fourth-order valence-corrected chi connectivity index (χ4v) is 2.24. The second kappa shape index (κ2) is 7.09. The topological polar surface area (TPSA) is 84.2 Å². The maximum absolute atomic E-state index is 12.4. The minimum Gasteiger partial charge on any atom is -0.481 e. The van der Waals surface area contributed by atoms with Gasteiger partial charge in [-0.05, 0) is 36.6 Å². The Morgan fingerprint density at radius 3 is 2.65 bits per heavy atom. The van der Waals surface area contributed by atoms with E-state index in [1.165, 1.54) is 0 Å². The number of aromatic nitrogens is 2. The molecule has 1 heterocycles. The van der Waals surface area contributed by atoms with E-state index in [1.807, 2.05) is 0 Å². The van der Waals surface area contributed by atoms with Crippen molar-refractivity contribution >= 4 is 17.6 Å². The lowest BCUT2D eigenvalue weighted by Gasteiger charge is -2.12. The van der Waals surface area contributed by atoms with Crippen LogP contribution in [0.1, 0.15) is 42.7 Å². The van der Waals surface area contributed by atoms with Gasteiger partial charge in [-0.15, -0.1) is 0 Å². The first-order valence-corrected chi connectivity index (χ1v) is 7.54. The average molecular weight is 315 g/mol. The van der Waals surface area contributed by atoms with Crippen LogP contribution < -0.4 is 5.32 Å². The first-order chi connectivity index (χ1) is 10.9. The van der Waals surface area contributed by atoms with Crippen molar-refractivity contribution in [2.75, 3.05) is 5.32 Å². The zero-order chi connectivity index (χ0) is 17.0. The van der Waals surface area contributed by atoms with Crippen molar-refractivity contribution in [3.8, 4) is 0 Å². The fraction of sp³-hybridized carbons (Fsp3) is 0.353. The maximum Gasteiger partial charge on any atom is 0.310 e. The number of nitrogens with zero attached hydrogens (tertiary/aromatic N) is 2. The molecule has 6 nitrogen and oxygen atoms in total. The summed E-state index contributed by atoms with van der Waals surface area (Å²) in [5.41, 5.74) is 1.69. The fourth-order valence-electron chi connectivity index (χ4n) is 2.24. The molecule has 0 aliphatic rings. The summed E-state index contributed by atoms with van der Waals surface area (Å²) in [5, 5.41) is 16.0. The molecule has 1 amide bonds. The molecular formula is C17H21N3O3. The summed E-state index contributed by atoms with van der Waals surface area (Å²) >= 11 is 0. The summed E-state index contributed by atoms with van der Waals surface area (Å²) in [4.78, 5) is 23.5. The zero-order valence-electron chi connectivity index (χ0n) is 13.5. The highest BCUT2D eigenvalue weighted by Gasteiger charge is 2.16. The predicted octanol–water partition coefficient (Wildman–Crippen LogP) is 2.98. The molecule has 0 aliphatic carbocycles. The standard InChI is InChI=1S/C17H21N3O3/c1-11(2)10-20-15(7-8-18-20)16(21)19-14-6-4-5-13(9-14)12(3)17(22)23/h4-9,11-12H,10H2,1-3H3,(H,19,21)(H,22,23). The summed E-state index contributed by atoms with van der Waals surface area (Å²) in [5.74, 6) is -1.41. The van der Waals surface area contributed by atoms with Crippen LogP contribution in [0.25, 0.3) is 0 Å². The lowest BCUT2D eigenvalue weighted by Crippen LogP contribution is -2.19. The Morgan fingerprint density at radius 2 is 2.00 bits per heavy atom. The highest BCUT2D eigenvalue weighted by atomic mass is 16.4. The molecule has 2 rings (SSSR count). The van der Waals surface area contributed by atoms with Crippen LogP contribution in [0, 0.1) is 5.92 Å². The van der Waals surface area contributed by atoms with Gasteiger partial charge in [-0.1, -0.05) is 26.0 Å². The van der Waals surface area contributed by atoms with Gasteiger partial charge in [-0.3, -0.25) is 14.3 Å². The molecule has 0 fully saturated rings.